The fraction of sp³-hybridized carbons (Fsp3) is 0.190. The van der Waals surface area contributed by atoms with Crippen molar-refractivity contribution >= 4 is 28.9 Å². The summed E-state index contributed by atoms with van der Waals surface area (Å²) in [4.78, 5) is 9.10. The highest BCUT2D eigenvalue weighted by Crippen LogP contribution is 2.31. The molecule has 0 atom stereocenters. The van der Waals surface area contributed by atoms with E-state index in [1.165, 1.54) is 5.56 Å². The maximum absolute atomic E-state index is 5.92. The Morgan fingerprint density at radius 3 is 2.43 bits per heavy atom. The molecule has 0 aliphatic heterocycles. The van der Waals surface area contributed by atoms with Gasteiger partial charge in [0.2, 0.25) is 0 Å². The van der Waals surface area contributed by atoms with E-state index in [0.29, 0.717) is 16.6 Å². The predicted octanol–water partition coefficient (Wildman–Crippen LogP) is 5.11. The number of hydrogen-bond acceptors (Lipinski definition) is 5. The minimum atomic E-state index is 0.642. The number of nitrogens with zero attached hydrogens (tertiary/aromatic N) is 4. The van der Waals surface area contributed by atoms with E-state index in [0.717, 1.165) is 48.0 Å². The van der Waals surface area contributed by atoms with Crippen LogP contribution < -0.4 is 10.1 Å². The number of benzene rings is 2. The molecule has 2 heterocycles. The minimum Gasteiger partial charge on any atom is -0.457 e. The molecule has 140 valence electrons. The second-order valence-corrected chi connectivity index (χ2v) is 7.25. The lowest BCUT2D eigenvalue weighted by molar-refractivity contribution is 0.483. The average Bonchev–Trinajstić information content (AvgIpc) is 3.30. The van der Waals surface area contributed by atoms with E-state index < -0.39 is 0 Å². The number of hydrogen-bond donors (Lipinski definition) is 1. The molecule has 0 fully saturated rings. The summed E-state index contributed by atoms with van der Waals surface area (Å²) < 4.78 is 7.67. The molecular formula is C21H18ClN5O. The Labute approximate surface area is 167 Å². The first-order valence-electron chi connectivity index (χ1n) is 9.21. The van der Waals surface area contributed by atoms with Gasteiger partial charge in [0, 0.05) is 16.3 Å². The first-order valence-corrected chi connectivity index (χ1v) is 9.59. The van der Waals surface area contributed by atoms with Crippen LogP contribution in [0.4, 0.5) is 11.5 Å². The maximum atomic E-state index is 5.92. The summed E-state index contributed by atoms with van der Waals surface area (Å²) in [6, 6.07) is 15.1. The van der Waals surface area contributed by atoms with Crippen LogP contribution in [-0.2, 0) is 12.8 Å². The summed E-state index contributed by atoms with van der Waals surface area (Å²) in [5.74, 6) is 3.81. The van der Waals surface area contributed by atoms with Gasteiger partial charge in [-0.05, 0) is 74.7 Å². The van der Waals surface area contributed by atoms with Crippen LogP contribution in [0.3, 0.4) is 0 Å². The lowest BCUT2D eigenvalue weighted by Gasteiger charge is -2.13. The van der Waals surface area contributed by atoms with Crippen molar-refractivity contribution in [3.8, 4) is 11.5 Å². The van der Waals surface area contributed by atoms with Gasteiger partial charge >= 0.3 is 0 Å². The first kappa shape index (κ1) is 17.0. The molecule has 0 bridgehead atoms. The molecule has 0 spiro atoms. The fourth-order valence-electron chi connectivity index (χ4n) is 3.49. The zero-order valence-corrected chi connectivity index (χ0v) is 16.1. The van der Waals surface area contributed by atoms with Crippen LogP contribution in [0.2, 0.25) is 5.02 Å². The average molecular weight is 392 g/mol. The SMILES string of the molecule is Cc1nc2nc3c(c(Nc4ccc(Oc5ccc(Cl)cc5)cc4)n2n1)CCC3. The van der Waals surface area contributed by atoms with E-state index in [4.69, 9.17) is 16.3 Å². The monoisotopic (exact) mass is 391 g/mol. The Kier molecular flexibility index (Phi) is 4.13. The molecule has 6 nitrogen and oxygen atoms in total. The number of anilines is 2. The largest absolute Gasteiger partial charge is 0.457 e. The van der Waals surface area contributed by atoms with Crippen molar-refractivity contribution in [2.75, 3.05) is 5.32 Å². The lowest BCUT2D eigenvalue weighted by Crippen LogP contribution is -2.07. The van der Waals surface area contributed by atoms with Gasteiger partial charge in [-0.1, -0.05) is 11.6 Å². The zero-order chi connectivity index (χ0) is 19.1. The summed E-state index contributed by atoms with van der Waals surface area (Å²) >= 11 is 5.92. The molecule has 1 aliphatic carbocycles. The van der Waals surface area contributed by atoms with E-state index in [2.05, 4.69) is 20.4 Å². The number of ether oxygens (including phenoxy) is 1. The van der Waals surface area contributed by atoms with Crippen molar-refractivity contribution in [1.29, 1.82) is 0 Å². The molecule has 0 saturated heterocycles. The Balaban J connectivity index is 1.43. The normalized spacial score (nSPS) is 12.9. The van der Waals surface area contributed by atoms with E-state index >= 15 is 0 Å². The third-order valence-corrected chi connectivity index (χ3v) is 5.04. The van der Waals surface area contributed by atoms with Crippen LogP contribution in [0.25, 0.3) is 5.78 Å². The molecule has 0 saturated carbocycles. The molecule has 28 heavy (non-hydrogen) atoms. The highest BCUT2D eigenvalue weighted by Gasteiger charge is 2.21. The molecule has 0 radical (unpaired) electrons. The second kappa shape index (κ2) is 6.80. The van der Waals surface area contributed by atoms with Gasteiger partial charge in [-0.25, -0.2) is 4.98 Å². The summed E-state index contributed by atoms with van der Waals surface area (Å²) in [7, 11) is 0. The van der Waals surface area contributed by atoms with Gasteiger partial charge in [-0.2, -0.15) is 9.50 Å². The predicted molar refractivity (Wildman–Crippen MR) is 109 cm³/mol. The quantitative estimate of drug-likeness (QED) is 0.523. The van der Waals surface area contributed by atoms with E-state index in [1.54, 1.807) is 4.52 Å². The fourth-order valence-corrected chi connectivity index (χ4v) is 3.62. The summed E-state index contributed by atoms with van der Waals surface area (Å²) in [5, 5.41) is 8.71. The number of aryl methyl sites for hydroxylation is 2. The van der Waals surface area contributed by atoms with Crippen molar-refractivity contribution in [1.82, 2.24) is 19.6 Å². The van der Waals surface area contributed by atoms with Gasteiger partial charge in [0.25, 0.3) is 5.78 Å². The van der Waals surface area contributed by atoms with Gasteiger partial charge in [0.1, 0.15) is 23.1 Å². The Hall–Kier alpha value is -3.12. The summed E-state index contributed by atoms with van der Waals surface area (Å²) in [5.41, 5.74) is 3.29. The molecule has 5 rings (SSSR count). The Bertz CT molecular complexity index is 1150. The first-order chi connectivity index (χ1) is 13.7. The standard InChI is InChI=1S/C21H18ClN5O/c1-13-23-21-25-19-4-2-3-18(19)20(27(21)26-13)24-15-7-11-17(12-8-15)28-16-9-5-14(22)6-10-16/h5-12,24H,2-4H2,1H3. The van der Waals surface area contributed by atoms with E-state index in [9.17, 15) is 0 Å². The Morgan fingerprint density at radius 1 is 0.964 bits per heavy atom. The van der Waals surface area contributed by atoms with Gasteiger partial charge in [0.15, 0.2) is 0 Å². The van der Waals surface area contributed by atoms with Gasteiger partial charge in [0.05, 0.1) is 5.69 Å². The molecule has 2 aromatic heterocycles. The van der Waals surface area contributed by atoms with Gasteiger partial charge in [-0.15, -0.1) is 5.10 Å². The highest BCUT2D eigenvalue weighted by molar-refractivity contribution is 6.30. The van der Waals surface area contributed by atoms with E-state index in [-0.39, 0.29) is 0 Å². The molecular weight excluding hydrogens is 374 g/mol. The molecule has 0 unspecified atom stereocenters. The summed E-state index contributed by atoms with van der Waals surface area (Å²) in [6.07, 6.45) is 3.09. The van der Waals surface area contributed by atoms with E-state index in [1.807, 2.05) is 55.5 Å². The Morgan fingerprint density at radius 2 is 1.68 bits per heavy atom. The second-order valence-electron chi connectivity index (χ2n) is 6.82. The molecule has 7 heteroatoms. The highest BCUT2D eigenvalue weighted by atomic mass is 35.5. The van der Waals surface area contributed by atoms with Crippen LogP contribution in [0.5, 0.6) is 11.5 Å². The van der Waals surface area contributed by atoms with Crippen LogP contribution in [0.15, 0.2) is 48.5 Å². The molecule has 0 amide bonds. The van der Waals surface area contributed by atoms with Crippen LogP contribution in [-0.4, -0.2) is 19.6 Å². The number of rotatable bonds is 4. The third kappa shape index (κ3) is 3.16. The zero-order valence-electron chi connectivity index (χ0n) is 15.3. The molecule has 1 N–H and O–H groups in total. The third-order valence-electron chi connectivity index (χ3n) is 4.78. The minimum absolute atomic E-state index is 0.642. The smallest absolute Gasteiger partial charge is 0.254 e. The lowest BCUT2D eigenvalue weighted by atomic mass is 10.2. The van der Waals surface area contributed by atoms with Crippen molar-refractivity contribution in [2.45, 2.75) is 26.2 Å². The van der Waals surface area contributed by atoms with Crippen LogP contribution >= 0.6 is 11.6 Å². The molecule has 4 aromatic rings. The number of halogens is 1. The number of aromatic nitrogens is 4. The van der Waals surface area contributed by atoms with Gasteiger partial charge < -0.3 is 10.1 Å². The van der Waals surface area contributed by atoms with Crippen molar-refractivity contribution in [2.24, 2.45) is 0 Å². The molecule has 1 aliphatic rings. The van der Waals surface area contributed by atoms with Gasteiger partial charge in [-0.3, -0.25) is 0 Å². The van der Waals surface area contributed by atoms with Crippen molar-refractivity contribution in [3.05, 3.63) is 70.6 Å². The molecule has 2 aromatic carbocycles. The topological polar surface area (TPSA) is 64.3 Å². The number of fused-ring (bicyclic) bond motifs is 2. The maximum Gasteiger partial charge on any atom is 0.254 e. The van der Waals surface area contributed by atoms with Crippen LogP contribution in [0, 0.1) is 6.92 Å². The summed E-state index contributed by atoms with van der Waals surface area (Å²) in [6.45, 7) is 1.88. The van der Waals surface area contributed by atoms with Crippen molar-refractivity contribution < 1.29 is 4.74 Å². The number of nitrogens with one attached hydrogen (secondary N) is 1. The van der Waals surface area contributed by atoms with Crippen molar-refractivity contribution in [3.63, 3.8) is 0 Å². The van der Waals surface area contributed by atoms with Crippen LogP contribution in [0.1, 0.15) is 23.5 Å².